The van der Waals surface area contributed by atoms with E-state index in [1.807, 2.05) is 13.0 Å². The highest BCUT2D eigenvalue weighted by molar-refractivity contribution is 6.33. The highest BCUT2D eigenvalue weighted by Crippen LogP contribution is 2.43. The Bertz CT molecular complexity index is 653. The van der Waals surface area contributed by atoms with Crippen LogP contribution in [0.1, 0.15) is 31.2 Å². The van der Waals surface area contributed by atoms with Crippen molar-refractivity contribution in [3.63, 3.8) is 0 Å². The number of hydrogen-bond acceptors (Lipinski definition) is 3. The maximum absolute atomic E-state index is 12.7. The Hall–Kier alpha value is -1.30. The summed E-state index contributed by atoms with van der Waals surface area (Å²) in [7, 11) is 0. The molecular weight excluding hydrogens is 361 g/mol. The molecule has 138 valence electrons. The SMILES string of the molecule is Cc1ccc(NC(=O)CNC(=O)[C@@]23CCCC[C@H]2CNC3)c(Cl)c1.Cl. The van der Waals surface area contributed by atoms with Crippen molar-refractivity contribution in [2.45, 2.75) is 32.6 Å². The summed E-state index contributed by atoms with van der Waals surface area (Å²) in [5.74, 6) is 0.132. The summed E-state index contributed by atoms with van der Waals surface area (Å²) in [6, 6.07) is 5.45. The van der Waals surface area contributed by atoms with E-state index >= 15 is 0 Å². The van der Waals surface area contributed by atoms with Crippen molar-refractivity contribution in [3.05, 3.63) is 28.8 Å². The molecule has 2 amide bonds. The fourth-order valence-corrected chi connectivity index (χ4v) is 4.23. The molecule has 2 atom stereocenters. The van der Waals surface area contributed by atoms with E-state index in [2.05, 4.69) is 16.0 Å². The Morgan fingerprint density at radius 2 is 2.16 bits per heavy atom. The summed E-state index contributed by atoms with van der Waals surface area (Å²) >= 11 is 6.12. The summed E-state index contributed by atoms with van der Waals surface area (Å²) in [5, 5.41) is 9.43. The maximum atomic E-state index is 12.7. The van der Waals surface area contributed by atoms with Gasteiger partial charge in [-0.3, -0.25) is 9.59 Å². The van der Waals surface area contributed by atoms with Crippen molar-refractivity contribution in [2.24, 2.45) is 11.3 Å². The molecular formula is C18H25Cl2N3O2. The quantitative estimate of drug-likeness (QED) is 0.745. The molecule has 1 aliphatic carbocycles. The molecule has 0 spiro atoms. The lowest BCUT2D eigenvalue weighted by molar-refractivity contribution is -0.135. The van der Waals surface area contributed by atoms with Gasteiger partial charge in [-0.1, -0.05) is 30.5 Å². The number of benzene rings is 1. The average molecular weight is 386 g/mol. The fourth-order valence-electron chi connectivity index (χ4n) is 3.94. The number of rotatable bonds is 4. The van der Waals surface area contributed by atoms with Crippen molar-refractivity contribution >= 4 is 41.5 Å². The Labute approximate surface area is 159 Å². The second-order valence-electron chi connectivity index (χ2n) is 6.94. The molecule has 0 unspecified atom stereocenters. The van der Waals surface area contributed by atoms with Crippen LogP contribution in [0, 0.1) is 18.3 Å². The smallest absolute Gasteiger partial charge is 0.243 e. The number of anilines is 1. The highest BCUT2D eigenvalue weighted by atomic mass is 35.5. The predicted octanol–water partition coefficient (Wildman–Crippen LogP) is 2.90. The summed E-state index contributed by atoms with van der Waals surface area (Å²) in [4.78, 5) is 24.8. The number of aryl methyl sites for hydroxylation is 1. The lowest BCUT2D eigenvalue weighted by Gasteiger charge is -2.37. The van der Waals surface area contributed by atoms with E-state index in [1.165, 1.54) is 6.42 Å². The van der Waals surface area contributed by atoms with Gasteiger partial charge < -0.3 is 16.0 Å². The third-order valence-electron chi connectivity index (χ3n) is 5.30. The number of hydrogen-bond donors (Lipinski definition) is 3. The van der Waals surface area contributed by atoms with Crippen molar-refractivity contribution in [2.75, 3.05) is 25.0 Å². The van der Waals surface area contributed by atoms with E-state index in [0.29, 0.717) is 16.6 Å². The first-order valence-electron chi connectivity index (χ1n) is 8.56. The normalized spacial score (nSPS) is 24.8. The van der Waals surface area contributed by atoms with Crippen molar-refractivity contribution in [1.82, 2.24) is 10.6 Å². The van der Waals surface area contributed by atoms with Crippen LogP contribution in [0.5, 0.6) is 0 Å². The lowest BCUT2D eigenvalue weighted by Crippen LogP contribution is -2.49. The van der Waals surface area contributed by atoms with Crippen LogP contribution < -0.4 is 16.0 Å². The molecule has 1 saturated heterocycles. The van der Waals surface area contributed by atoms with Gasteiger partial charge in [-0.05, 0) is 49.9 Å². The van der Waals surface area contributed by atoms with Gasteiger partial charge in [0.05, 0.1) is 22.7 Å². The van der Waals surface area contributed by atoms with E-state index in [9.17, 15) is 9.59 Å². The van der Waals surface area contributed by atoms with E-state index < -0.39 is 0 Å². The van der Waals surface area contributed by atoms with Crippen LogP contribution in [0.3, 0.4) is 0 Å². The van der Waals surface area contributed by atoms with Gasteiger partial charge in [0.2, 0.25) is 11.8 Å². The van der Waals surface area contributed by atoms with Crippen LogP contribution in [0.25, 0.3) is 0 Å². The largest absolute Gasteiger partial charge is 0.346 e. The summed E-state index contributed by atoms with van der Waals surface area (Å²) < 4.78 is 0. The van der Waals surface area contributed by atoms with E-state index in [4.69, 9.17) is 11.6 Å². The van der Waals surface area contributed by atoms with Crippen molar-refractivity contribution < 1.29 is 9.59 Å². The van der Waals surface area contributed by atoms with E-state index in [0.717, 1.165) is 37.9 Å². The number of carbonyl (C=O) groups is 2. The van der Waals surface area contributed by atoms with E-state index in [1.54, 1.807) is 12.1 Å². The molecule has 0 aromatic heterocycles. The molecule has 1 heterocycles. The Kier molecular flexibility index (Phi) is 6.72. The molecule has 2 fully saturated rings. The average Bonchev–Trinajstić information content (AvgIpc) is 3.00. The number of amides is 2. The number of fused-ring (bicyclic) bond motifs is 1. The van der Waals surface area contributed by atoms with Gasteiger partial charge in [-0.25, -0.2) is 0 Å². The minimum atomic E-state index is -0.333. The molecule has 1 aromatic carbocycles. The molecule has 0 radical (unpaired) electrons. The van der Waals surface area contributed by atoms with Gasteiger partial charge >= 0.3 is 0 Å². The van der Waals surface area contributed by atoms with Gasteiger partial charge in [0, 0.05) is 6.54 Å². The highest BCUT2D eigenvalue weighted by Gasteiger charge is 2.49. The van der Waals surface area contributed by atoms with Crippen LogP contribution in [0.2, 0.25) is 5.02 Å². The topological polar surface area (TPSA) is 70.2 Å². The molecule has 1 aromatic rings. The molecule has 7 heteroatoms. The zero-order chi connectivity index (χ0) is 17.2. The van der Waals surface area contributed by atoms with Crippen LogP contribution in [0.15, 0.2) is 18.2 Å². The first-order chi connectivity index (χ1) is 11.5. The van der Waals surface area contributed by atoms with Crippen LogP contribution >= 0.6 is 24.0 Å². The fraction of sp³-hybridized carbons (Fsp3) is 0.556. The standard InChI is InChI=1S/C18H24ClN3O2.ClH/c1-12-5-6-15(14(19)8-12)22-16(23)10-21-17(24)18-7-3-2-4-13(18)9-20-11-18;/h5-6,8,13,20H,2-4,7,9-11H2,1H3,(H,21,24)(H,22,23);1H/t13-,18+;/m0./s1. The first-order valence-corrected chi connectivity index (χ1v) is 8.94. The first kappa shape index (κ1) is 20.0. The van der Waals surface area contributed by atoms with Crippen LogP contribution in [-0.2, 0) is 9.59 Å². The van der Waals surface area contributed by atoms with Gasteiger partial charge in [0.15, 0.2) is 0 Å². The molecule has 3 rings (SSSR count). The molecule has 3 N–H and O–H groups in total. The van der Waals surface area contributed by atoms with Crippen LogP contribution in [0.4, 0.5) is 5.69 Å². The third-order valence-corrected chi connectivity index (χ3v) is 5.61. The third kappa shape index (κ3) is 4.27. The number of halogens is 2. The van der Waals surface area contributed by atoms with Crippen molar-refractivity contribution in [1.29, 1.82) is 0 Å². The zero-order valence-corrected chi connectivity index (χ0v) is 15.9. The summed E-state index contributed by atoms with van der Waals surface area (Å²) in [5.41, 5.74) is 1.26. The monoisotopic (exact) mass is 385 g/mol. The minimum Gasteiger partial charge on any atom is -0.346 e. The van der Waals surface area contributed by atoms with Gasteiger partial charge in [-0.2, -0.15) is 0 Å². The molecule has 25 heavy (non-hydrogen) atoms. The zero-order valence-electron chi connectivity index (χ0n) is 14.4. The summed E-state index contributed by atoms with van der Waals surface area (Å²) in [6.07, 6.45) is 4.26. The molecule has 0 bridgehead atoms. The Morgan fingerprint density at radius 1 is 1.36 bits per heavy atom. The number of nitrogens with one attached hydrogen (secondary N) is 3. The van der Waals surface area contributed by atoms with Gasteiger partial charge in [0.25, 0.3) is 0 Å². The predicted molar refractivity (Wildman–Crippen MR) is 102 cm³/mol. The van der Waals surface area contributed by atoms with Crippen LogP contribution in [-0.4, -0.2) is 31.4 Å². The van der Waals surface area contributed by atoms with Gasteiger partial charge in [-0.15, -0.1) is 12.4 Å². The molecule has 2 aliphatic rings. The van der Waals surface area contributed by atoms with Gasteiger partial charge in [0.1, 0.15) is 0 Å². The minimum absolute atomic E-state index is 0. The van der Waals surface area contributed by atoms with E-state index in [-0.39, 0.29) is 36.2 Å². The molecule has 1 saturated carbocycles. The maximum Gasteiger partial charge on any atom is 0.243 e. The second-order valence-corrected chi connectivity index (χ2v) is 7.35. The van der Waals surface area contributed by atoms with Crippen molar-refractivity contribution in [3.8, 4) is 0 Å². The Balaban J connectivity index is 0.00000225. The molecule has 1 aliphatic heterocycles. The molecule has 5 nitrogen and oxygen atoms in total. The summed E-state index contributed by atoms with van der Waals surface area (Å²) in [6.45, 7) is 3.53. The lowest BCUT2D eigenvalue weighted by atomic mass is 9.67. The Morgan fingerprint density at radius 3 is 2.92 bits per heavy atom. The number of carbonyl (C=O) groups excluding carboxylic acids is 2. The second kappa shape index (κ2) is 8.39.